The Morgan fingerprint density at radius 3 is 2.83 bits per heavy atom. The molecule has 1 fully saturated rings. The Labute approximate surface area is 139 Å². The SMILES string of the molecule is O=C(NC(c1cccs1)C1CCCC1)c1cccc2c1OCO2. The number of fused-ring (bicyclic) bond motifs is 1. The molecule has 1 aliphatic carbocycles. The Balaban J connectivity index is 1.59. The zero-order chi connectivity index (χ0) is 15.6. The maximum absolute atomic E-state index is 12.8. The Hall–Kier alpha value is -2.01. The predicted octanol–water partition coefficient (Wildman–Crippen LogP) is 4.14. The Morgan fingerprint density at radius 2 is 2.04 bits per heavy atom. The second kappa shape index (κ2) is 6.24. The lowest BCUT2D eigenvalue weighted by Gasteiger charge is -2.24. The second-order valence-corrected chi connectivity index (χ2v) is 7.03. The number of nitrogens with one attached hydrogen (secondary N) is 1. The summed E-state index contributed by atoms with van der Waals surface area (Å²) < 4.78 is 10.8. The average Bonchev–Trinajstić information content (AvgIpc) is 3.34. The summed E-state index contributed by atoms with van der Waals surface area (Å²) in [4.78, 5) is 14.1. The van der Waals surface area contributed by atoms with Crippen molar-refractivity contribution in [1.29, 1.82) is 0 Å². The number of amides is 1. The van der Waals surface area contributed by atoms with Gasteiger partial charge in [0.2, 0.25) is 6.79 Å². The molecule has 2 aliphatic rings. The molecule has 4 nitrogen and oxygen atoms in total. The van der Waals surface area contributed by atoms with E-state index < -0.39 is 0 Å². The van der Waals surface area contributed by atoms with Crippen LogP contribution in [-0.2, 0) is 0 Å². The summed E-state index contributed by atoms with van der Waals surface area (Å²) in [6.07, 6.45) is 4.85. The van der Waals surface area contributed by atoms with Gasteiger partial charge < -0.3 is 14.8 Å². The van der Waals surface area contributed by atoms with Crippen molar-refractivity contribution in [2.45, 2.75) is 31.7 Å². The number of hydrogen-bond donors (Lipinski definition) is 1. The van der Waals surface area contributed by atoms with Crippen LogP contribution in [0.15, 0.2) is 35.7 Å². The zero-order valence-electron chi connectivity index (χ0n) is 12.8. The molecule has 2 heterocycles. The summed E-state index contributed by atoms with van der Waals surface area (Å²) in [6, 6.07) is 9.70. The van der Waals surface area contributed by atoms with Crippen LogP contribution in [0.4, 0.5) is 0 Å². The van der Waals surface area contributed by atoms with Gasteiger partial charge in [0.05, 0.1) is 11.6 Å². The van der Waals surface area contributed by atoms with Crippen molar-refractivity contribution >= 4 is 17.2 Å². The van der Waals surface area contributed by atoms with Gasteiger partial charge in [0, 0.05) is 4.88 Å². The van der Waals surface area contributed by atoms with Gasteiger partial charge in [0.15, 0.2) is 11.5 Å². The molecule has 0 radical (unpaired) electrons. The Bertz CT molecular complexity index is 692. The summed E-state index contributed by atoms with van der Waals surface area (Å²) in [5.74, 6) is 1.64. The van der Waals surface area contributed by atoms with Gasteiger partial charge in [-0.3, -0.25) is 4.79 Å². The van der Waals surface area contributed by atoms with Crippen molar-refractivity contribution in [2.75, 3.05) is 6.79 Å². The van der Waals surface area contributed by atoms with Gasteiger partial charge in [0.1, 0.15) is 0 Å². The van der Waals surface area contributed by atoms with E-state index in [-0.39, 0.29) is 18.7 Å². The van der Waals surface area contributed by atoms with Crippen molar-refractivity contribution in [2.24, 2.45) is 5.92 Å². The van der Waals surface area contributed by atoms with E-state index in [0.29, 0.717) is 23.0 Å². The highest BCUT2D eigenvalue weighted by Crippen LogP contribution is 2.39. The van der Waals surface area contributed by atoms with Crippen LogP contribution >= 0.6 is 11.3 Å². The first-order chi connectivity index (χ1) is 11.3. The smallest absolute Gasteiger partial charge is 0.255 e. The van der Waals surface area contributed by atoms with E-state index in [0.717, 1.165) is 0 Å². The minimum Gasteiger partial charge on any atom is -0.454 e. The molecular weight excluding hydrogens is 310 g/mol. The van der Waals surface area contributed by atoms with E-state index in [4.69, 9.17) is 9.47 Å². The number of thiophene rings is 1. The molecule has 120 valence electrons. The number of carbonyl (C=O) groups is 1. The number of benzene rings is 1. The molecule has 1 aliphatic heterocycles. The van der Waals surface area contributed by atoms with Crippen molar-refractivity contribution in [3.05, 3.63) is 46.2 Å². The van der Waals surface area contributed by atoms with Crippen LogP contribution in [0, 0.1) is 5.92 Å². The van der Waals surface area contributed by atoms with E-state index in [9.17, 15) is 4.79 Å². The third kappa shape index (κ3) is 2.81. The molecule has 0 bridgehead atoms. The fraction of sp³-hybridized carbons (Fsp3) is 0.389. The molecule has 4 rings (SSSR count). The number of ether oxygens (including phenoxy) is 2. The van der Waals surface area contributed by atoms with Crippen LogP contribution in [0.3, 0.4) is 0 Å². The number of carbonyl (C=O) groups excluding carboxylic acids is 1. The first kappa shape index (κ1) is 14.6. The summed E-state index contributed by atoms with van der Waals surface area (Å²) >= 11 is 1.71. The van der Waals surface area contributed by atoms with Gasteiger partial charge >= 0.3 is 0 Å². The summed E-state index contributed by atoms with van der Waals surface area (Å²) in [7, 11) is 0. The van der Waals surface area contributed by atoms with Crippen LogP contribution in [0.25, 0.3) is 0 Å². The van der Waals surface area contributed by atoms with Crippen molar-refractivity contribution in [3.63, 3.8) is 0 Å². The first-order valence-electron chi connectivity index (χ1n) is 8.06. The fourth-order valence-corrected chi connectivity index (χ4v) is 4.38. The zero-order valence-corrected chi connectivity index (χ0v) is 13.6. The standard InChI is InChI=1S/C18H19NO3S/c20-18(13-7-3-8-14-17(13)22-11-21-14)19-16(12-5-1-2-6-12)15-9-4-10-23-15/h3-4,7-10,12,16H,1-2,5-6,11H2,(H,19,20). The second-order valence-electron chi connectivity index (χ2n) is 6.05. The molecule has 1 N–H and O–H groups in total. The summed E-state index contributed by atoms with van der Waals surface area (Å²) in [5, 5.41) is 5.31. The van der Waals surface area contributed by atoms with Crippen molar-refractivity contribution < 1.29 is 14.3 Å². The molecule has 1 atom stereocenters. The molecule has 2 aromatic rings. The maximum atomic E-state index is 12.8. The number of hydrogen-bond acceptors (Lipinski definition) is 4. The molecule has 1 aromatic carbocycles. The van der Waals surface area contributed by atoms with Gasteiger partial charge in [-0.2, -0.15) is 0 Å². The average molecular weight is 329 g/mol. The lowest BCUT2D eigenvalue weighted by atomic mass is 9.96. The van der Waals surface area contributed by atoms with Crippen LogP contribution in [0.1, 0.15) is 47.0 Å². The maximum Gasteiger partial charge on any atom is 0.255 e. The van der Waals surface area contributed by atoms with Crippen LogP contribution in [-0.4, -0.2) is 12.7 Å². The van der Waals surface area contributed by atoms with Gasteiger partial charge in [-0.1, -0.05) is 25.0 Å². The lowest BCUT2D eigenvalue weighted by molar-refractivity contribution is 0.0918. The Morgan fingerprint density at radius 1 is 1.17 bits per heavy atom. The van der Waals surface area contributed by atoms with Crippen LogP contribution in [0.5, 0.6) is 11.5 Å². The predicted molar refractivity (Wildman–Crippen MR) is 89.0 cm³/mol. The third-order valence-corrected chi connectivity index (χ3v) is 5.60. The van der Waals surface area contributed by atoms with E-state index in [1.807, 2.05) is 18.2 Å². The highest BCUT2D eigenvalue weighted by atomic mass is 32.1. The largest absolute Gasteiger partial charge is 0.454 e. The van der Waals surface area contributed by atoms with E-state index in [1.54, 1.807) is 17.4 Å². The highest BCUT2D eigenvalue weighted by molar-refractivity contribution is 7.10. The third-order valence-electron chi connectivity index (χ3n) is 4.65. The van der Waals surface area contributed by atoms with Gasteiger partial charge in [-0.15, -0.1) is 11.3 Å². The molecule has 0 spiro atoms. The normalized spacial score (nSPS) is 18.1. The van der Waals surface area contributed by atoms with E-state index in [2.05, 4.69) is 16.8 Å². The van der Waals surface area contributed by atoms with Crippen LogP contribution in [0.2, 0.25) is 0 Å². The lowest BCUT2D eigenvalue weighted by Crippen LogP contribution is -2.32. The number of rotatable bonds is 4. The summed E-state index contributed by atoms with van der Waals surface area (Å²) in [6.45, 7) is 0.177. The van der Waals surface area contributed by atoms with Crippen molar-refractivity contribution in [3.8, 4) is 11.5 Å². The monoisotopic (exact) mass is 329 g/mol. The van der Waals surface area contributed by atoms with Gasteiger partial charge in [0.25, 0.3) is 5.91 Å². The Kier molecular flexibility index (Phi) is 3.95. The minimum absolute atomic E-state index is 0.0855. The van der Waals surface area contributed by atoms with E-state index >= 15 is 0 Å². The summed E-state index contributed by atoms with van der Waals surface area (Å²) in [5.41, 5.74) is 0.555. The van der Waals surface area contributed by atoms with Gasteiger partial charge in [-0.25, -0.2) is 0 Å². The highest BCUT2D eigenvalue weighted by Gasteiger charge is 2.30. The van der Waals surface area contributed by atoms with Gasteiger partial charge in [-0.05, 0) is 42.3 Å². The quantitative estimate of drug-likeness (QED) is 0.917. The van der Waals surface area contributed by atoms with E-state index in [1.165, 1.54) is 30.6 Å². The molecule has 1 saturated carbocycles. The molecule has 0 saturated heterocycles. The topological polar surface area (TPSA) is 47.6 Å². The fourth-order valence-electron chi connectivity index (χ4n) is 3.51. The molecule has 5 heteroatoms. The van der Waals surface area contributed by atoms with Crippen molar-refractivity contribution in [1.82, 2.24) is 5.32 Å². The molecule has 1 unspecified atom stereocenters. The molecule has 23 heavy (non-hydrogen) atoms. The molecule has 1 aromatic heterocycles. The van der Waals surface area contributed by atoms with Crippen LogP contribution < -0.4 is 14.8 Å². The number of para-hydroxylation sites is 1. The first-order valence-corrected chi connectivity index (χ1v) is 8.94. The molecular formula is C18H19NO3S. The molecule has 1 amide bonds. The minimum atomic E-state index is -0.0855.